The Morgan fingerprint density at radius 2 is 2.10 bits per heavy atom. The SMILES string of the molecule is Cc1cc(C(=O)NCC(C)C2CC2)cc(S(=O)(=O)Cl)c1Br. The molecule has 1 atom stereocenters. The molecule has 0 aliphatic heterocycles. The van der Waals surface area contributed by atoms with Gasteiger partial charge in [0.15, 0.2) is 0 Å². The van der Waals surface area contributed by atoms with Crippen molar-refractivity contribution in [2.75, 3.05) is 6.54 Å². The van der Waals surface area contributed by atoms with E-state index >= 15 is 0 Å². The van der Waals surface area contributed by atoms with Crippen LogP contribution in [0.4, 0.5) is 0 Å². The molecule has 1 fully saturated rings. The van der Waals surface area contributed by atoms with E-state index in [1.807, 2.05) is 0 Å². The van der Waals surface area contributed by atoms with Crippen LogP contribution in [0.15, 0.2) is 21.5 Å². The van der Waals surface area contributed by atoms with E-state index in [4.69, 9.17) is 10.7 Å². The monoisotopic (exact) mass is 393 g/mol. The summed E-state index contributed by atoms with van der Waals surface area (Å²) in [6.45, 7) is 4.43. The molecule has 116 valence electrons. The Labute approximate surface area is 137 Å². The van der Waals surface area contributed by atoms with E-state index in [1.54, 1.807) is 13.0 Å². The summed E-state index contributed by atoms with van der Waals surface area (Å²) in [4.78, 5) is 12.1. The maximum absolute atomic E-state index is 12.2. The normalized spacial score (nSPS) is 16.6. The number of halogens is 2. The smallest absolute Gasteiger partial charge is 0.262 e. The molecule has 1 aromatic carbocycles. The minimum atomic E-state index is -3.90. The molecule has 1 N–H and O–H groups in total. The second-order valence-electron chi connectivity index (χ2n) is 5.57. The lowest BCUT2D eigenvalue weighted by Gasteiger charge is -2.13. The molecule has 21 heavy (non-hydrogen) atoms. The first-order valence-electron chi connectivity index (χ1n) is 6.73. The van der Waals surface area contributed by atoms with Crippen molar-refractivity contribution < 1.29 is 13.2 Å². The molecule has 1 amide bonds. The van der Waals surface area contributed by atoms with Gasteiger partial charge in [-0.25, -0.2) is 8.42 Å². The second kappa shape index (κ2) is 6.26. The zero-order chi connectivity index (χ0) is 15.8. The van der Waals surface area contributed by atoms with Gasteiger partial charge in [-0.3, -0.25) is 4.79 Å². The van der Waals surface area contributed by atoms with Crippen molar-refractivity contribution in [3.8, 4) is 0 Å². The number of aryl methyl sites for hydroxylation is 1. The molecular weight excluding hydrogens is 378 g/mol. The van der Waals surface area contributed by atoms with Crippen molar-refractivity contribution in [1.29, 1.82) is 0 Å². The third-order valence-corrected chi connectivity index (χ3v) is 6.42. The highest BCUT2D eigenvalue weighted by molar-refractivity contribution is 9.10. The van der Waals surface area contributed by atoms with E-state index in [2.05, 4.69) is 28.2 Å². The molecule has 2 rings (SSSR count). The molecule has 1 aliphatic carbocycles. The summed E-state index contributed by atoms with van der Waals surface area (Å²) in [7, 11) is 1.50. The van der Waals surface area contributed by atoms with Crippen LogP contribution in [0.25, 0.3) is 0 Å². The summed E-state index contributed by atoms with van der Waals surface area (Å²) < 4.78 is 23.5. The molecule has 0 saturated heterocycles. The molecule has 4 nitrogen and oxygen atoms in total. The number of rotatable bonds is 5. The van der Waals surface area contributed by atoms with Gasteiger partial charge in [-0.1, -0.05) is 6.92 Å². The van der Waals surface area contributed by atoms with Crippen molar-refractivity contribution >= 4 is 41.6 Å². The Kier molecular flexibility index (Phi) is 5.00. The van der Waals surface area contributed by atoms with Crippen LogP contribution in [-0.2, 0) is 9.05 Å². The Hall–Kier alpha value is -0.590. The molecule has 1 unspecified atom stereocenters. The van der Waals surface area contributed by atoms with Crippen LogP contribution < -0.4 is 5.32 Å². The number of benzene rings is 1. The molecule has 0 aromatic heterocycles. The van der Waals surface area contributed by atoms with Crippen LogP contribution >= 0.6 is 26.6 Å². The molecule has 0 spiro atoms. The Balaban J connectivity index is 2.19. The third-order valence-electron chi connectivity index (χ3n) is 3.76. The fraction of sp³-hybridized carbons (Fsp3) is 0.500. The van der Waals surface area contributed by atoms with Gasteiger partial charge in [-0.05, 0) is 65.2 Å². The van der Waals surface area contributed by atoms with Gasteiger partial charge in [0, 0.05) is 27.3 Å². The maximum Gasteiger partial charge on any atom is 0.262 e. The highest BCUT2D eigenvalue weighted by Crippen LogP contribution is 2.36. The van der Waals surface area contributed by atoms with Gasteiger partial charge in [0.1, 0.15) is 0 Å². The summed E-state index contributed by atoms with van der Waals surface area (Å²) in [5.74, 6) is 0.872. The predicted molar refractivity (Wildman–Crippen MR) is 86.1 cm³/mol. The van der Waals surface area contributed by atoms with Gasteiger partial charge in [-0.2, -0.15) is 0 Å². The molecule has 1 aliphatic rings. The second-order valence-corrected chi connectivity index (χ2v) is 8.90. The summed E-state index contributed by atoms with van der Waals surface area (Å²) in [5, 5.41) is 2.85. The van der Waals surface area contributed by atoms with E-state index in [9.17, 15) is 13.2 Å². The largest absolute Gasteiger partial charge is 0.352 e. The maximum atomic E-state index is 12.2. The zero-order valence-corrected chi connectivity index (χ0v) is 15.0. The first-order valence-corrected chi connectivity index (χ1v) is 9.83. The highest BCUT2D eigenvalue weighted by atomic mass is 79.9. The quantitative estimate of drug-likeness (QED) is 0.778. The number of hydrogen-bond donors (Lipinski definition) is 1. The summed E-state index contributed by atoms with van der Waals surface area (Å²) in [5.41, 5.74) is 0.954. The van der Waals surface area contributed by atoms with Gasteiger partial charge in [-0.15, -0.1) is 0 Å². The lowest BCUT2D eigenvalue weighted by atomic mass is 10.1. The average Bonchev–Trinajstić information content (AvgIpc) is 3.21. The minimum Gasteiger partial charge on any atom is -0.352 e. The topological polar surface area (TPSA) is 63.2 Å². The van der Waals surface area contributed by atoms with Gasteiger partial charge < -0.3 is 5.32 Å². The number of carbonyl (C=O) groups is 1. The molecule has 0 bridgehead atoms. The Morgan fingerprint density at radius 3 is 2.62 bits per heavy atom. The van der Waals surface area contributed by atoms with Gasteiger partial charge in [0.25, 0.3) is 15.0 Å². The van der Waals surface area contributed by atoms with Crippen LogP contribution in [0.3, 0.4) is 0 Å². The average molecular weight is 395 g/mol. The minimum absolute atomic E-state index is 0.0791. The van der Waals surface area contributed by atoms with E-state index in [-0.39, 0.29) is 10.8 Å². The fourth-order valence-electron chi connectivity index (χ4n) is 2.23. The molecule has 0 heterocycles. The molecule has 1 saturated carbocycles. The lowest BCUT2D eigenvalue weighted by molar-refractivity contribution is 0.0946. The molecule has 0 radical (unpaired) electrons. The van der Waals surface area contributed by atoms with E-state index < -0.39 is 9.05 Å². The van der Waals surface area contributed by atoms with Crippen molar-refractivity contribution in [1.82, 2.24) is 5.32 Å². The van der Waals surface area contributed by atoms with Crippen molar-refractivity contribution in [3.05, 3.63) is 27.7 Å². The van der Waals surface area contributed by atoms with Gasteiger partial charge in [0.05, 0.1) is 4.90 Å². The Morgan fingerprint density at radius 1 is 1.48 bits per heavy atom. The first kappa shape index (κ1) is 16.8. The number of carbonyl (C=O) groups excluding carboxylic acids is 1. The number of nitrogens with one attached hydrogen (secondary N) is 1. The lowest BCUT2D eigenvalue weighted by Crippen LogP contribution is -2.29. The van der Waals surface area contributed by atoms with Crippen LogP contribution in [0, 0.1) is 18.8 Å². The van der Waals surface area contributed by atoms with Crippen molar-refractivity contribution in [2.45, 2.75) is 31.6 Å². The van der Waals surface area contributed by atoms with Crippen LogP contribution in [0.2, 0.25) is 0 Å². The van der Waals surface area contributed by atoms with E-state index in [0.717, 1.165) is 0 Å². The molecular formula is C14H17BrClNO3S. The standard InChI is InChI=1S/C14H17BrClNO3S/c1-8-5-11(6-12(13(8)15)21(16,19)20)14(18)17-7-9(2)10-3-4-10/h5-6,9-10H,3-4,7H2,1-2H3,(H,17,18). The van der Waals surface area contributed by atoms with Crippen LogP contribution in [0.5, 0.6) is 0 Å². The fourth-order valence-corrected chi connectivity index (χ4v) is 4.39. The summed E-state index contributed by atoms with van der Waals surface area (Å²) in [6.07, 6.45) is 2.45. The van der Waals surface area contributed by atoms with E-state index in [1.165, 1.54) is 18.9 Å². The van der Waals surface area contributed by atoms with Crippen molar-refractivity contribution in [2.24, 2.45) is 11.8 Å². The summed E-state index contributed by atoms with van der Waals surface area (Å²) >= 11 is 3.19. The summed E-state index contributed by atoms with van der Waals surface area (Å²) in [6, 6.07) is 2.95. The number of amides is 1. The van der Waals surface area contributed by atoms with Crippen LogP contribution in [-0.4, -0.2) is 20.9 Å². The van der Waals surface area contributed by atoms with E-state index in [0.29, 0.717) is 34.0 Å². The van der Waals surface area contributed by atoms with Crippen molar-refractivity contribution in [3.63, 3.8) is 0 Å². The Bertz CT molecular complexity index is 671. The first-order chi connectivity index (χ1) is 9.70. The predicted octanol–water partition coefficient (Wildman–Crippen LogP) is 3.46. The molecule has 1 aromatic rings. The van der Waals surface area contributed by atoms with Gasteiger partial charge in [0.2, 0.25) is 0 Å². The van der Waals surface area contributed by atoms with Gasteiger partial charge >= 0.3 is 0 Å². The van der Waals surface area contributed by atoms with Crippen LogP contribution in [0.1, 0.15) is 35.7 Å². The third kappa shape index (κ3) is 4.20. The molecule has 7 heteroatoms. The zero-order valence-electron chi connectivity index (χ0n) is 11.8. The highest BCUT2D eigenvalue weighted by Gasteiger charge is 2.28. The number of hydrogen-bond acceptors (Lipinski definition) is 3.